The second kappa shape index (κ2) is 7.84. The molecule has 1 aromatic heterocycles. The van der Waals surface area contributed by atoms with Gasteiger partial charge in [0.15, 0.2) is 6.10 Å². The van der Waals surface area contributed by atoms with Gasteiger partial charge in [0, 0.05) is 22.0 Å². The lowest BCUT2D eigenvalue weighted by atomic mass is 10.0. The summed E-state index contributed by atoms with van der Waals surface area (Å²) in [6, 6.07) is 11.8. The number of hydrogen-bond acceptors (Lipinski definition) is 5. The molecule has 0 fully saturated rings. The van der Waals surface area contributed by atoms with Gasteiger partial charge >= 0.3 is 11.6 Å². The maximum absolute atomic E-state index is 12.3. The molecule has 27 heavy (non-hydrogen) atoms. The van der Waals surface area contributed by atoms with E-state index in [2.05, 4.69) is 0 Å². The van der Waals surface area contributed by atoms with Crippen LogP contribution < -0.4 is 10.4 Å². The molecule has 0 saturated heterocycles. The maximum atomic E-state index is 12.3. The molecule has 1 heterocycles. The lowest BCUT2D eigenvalue weighted by Gasteiger charge is -2.14. The standard InChI is InChI=1S/C21H19ClO5/c1-12-8-18-15(10-20(23)27-19(18)9-13(12)2)11-25-21(24)14(3)26-17-6-4-16(22)5-7-17/h4-10,14H,11H2,1-3H3/t14-/m1/s1. The molecule has 0 saturated carbocycles. The molecule has 2 aromatic carbocycles. The normalized spacial score (nSPS) is 12.0. The van der Waals surface area contributed by atoms with Crippen LogP contribution in [0.4, 0.5) is 0 Å². The highest BCUT2D eigenvalue weighted by atomic mass is 35.5. The van der Waals surface area contributed by atoms with Crippen molar-refractivity contribution in [3.63, 3.8) is 0 Å². The summed E-state index contributed by atoms with van der Waals surface area (Å²) in [6.45, 7) is 5.47. The molecule has 0 spiro atoms. The van der Waals surface area contributed by atoms with E-state index in [1.165, 1.54) is 6.07 Å². The monoisotopic (exact) mass is 386 g/mol. The molecule has 140 valence electrons. The zero-order valence-corrected chi connectivity index (χ0v) is 16.0. The summed E-state index contributed by atoms with van der Waals surface area (Å²) in [5.41, 5.74) is 2.66. The predicted molar refractivity (Wildman–Crippen MR) is 103 cm³/mol. The van der Waals surface area contributed by atoms with Crippen LogP contribution in [0.15, 0.2) is 51.7 Å². The van der Waals surface area contributed by atoms with Crippen LogP contribution in [0.25, 0.3) is 11.0 Å². The quantitative estimate of drug-likeness (QED) is 0.474. The van der Waals surface area contributed by atoms with Gasteiger partial charge in [-0.2, -0.15) is 0 Å². The first kappa shape index (κ1) is 19.0. The van der Waals surface area contributed by atoms with Crippen LogP contribution in [0.1, 0.15) is 23.6 Å². The Balaban J connectivity index is 1.74. The minimum Gasteiger partial charge on any atom is -0.479 e. The highest BCUT2D eigenvalue weighted by Crippen LogP contribution is 2.22. The van der Waals surface area contributed by atoms with Gasteiger partial charge in [0.25, 0.3) is 0 Å². The predicted octanol–water partition coefficient (Wildman–Crippen LogP) is 4.57. The van der Waals surface area contributed by atoms with Gasteiger partial charge in [-0.1, -0.05) is 11.6 Å². The first-order valence-corrected chi connectivity index (χ1v) is 8.84. The molecule has 5 nitrogen and oxygen atoms in total. The number of carbonyl (C=O) groups excluding carboxylic acids is 1. The first-order valence-electron chi connectivity index (χ1n) is 8.46. The number of carbonyl (C=O) groups is 1. The zero-order chi connectivity index (χ0) is 19.6. The van der Waals surface area contributed by atoms with Gasteiger partial charge in [0.2, 0.25) is 0 Å². The Hall–Kier alpha value is -2.79. The summed E-state index contributed by atoms with van der Waals surface area (Å²) >= 11 is 5.83. The summed E-state index contributed by atoms with van der Waals surface area (Å²) in [5.74, 6) is -0.0177. The summed E-state index contributed by atoms with van der Waals surface area (Å²) in [5, 5.41) is 1.33. The molecule has 6 heteroatoms. The highest BCUT2D eigenvalue weighted by molar-refractivity contribution is 6.30. The lowest BCUT2D eigenvalue weighted by molar-refractivity contribution is -0.152. The number of rotatable bonds is 5. The van der Waals surface area contributed by atoms with Crippen molar-refractivity contribution in [2.75, 3.05) is 0 Å². The molecule has 0 amide bonds. The maximum Gasteiger partial charge on any atom is 0.347 e. The second-order valence-electron chi connectivity index (χ2n) is 6.35. The highest BCUT2D eigenvalue weighted by Gasteiger charge is 2.18. The summed E-state index contributed by atoms with van der Waals surface area (Å²) in [7, 11) is 0. The fraction of sp³-hybridized carbons (Fsp3) is 0.238. The molecule has 3 aromatic rings. The molecule has 0 unspecified atom stereocenters. The number of fused-ring (bicyclic) bond motifs is 1. The van der Waals surface area contributed by atoms with Crippen LogP contribution in [-0.4, -0.2) is 12.1 Å². The average molecular weight is 387 g/mol. The minimum atomic E-state index is -0.804. The number of hydrogen-bond donors (Lipinski definition) is 0. The van der Waals surface area contributed by atoms with Crippen molar-refractivity contribution in [2.24, 2.45) is 0 Å². The van der Waals surface area contributed by atoms with Gasteiger partial charge in [-0.3, -0.25) is 0 Å². The number of aryl methyl sites for hydroxylation is 2. The topological polar surface area (TPSA) is 65.7 Å². The molecule has 1 atom stereocenters. The first-order chi connectivity index (χ1) is 12.8. The average Bonchev–Trinajstić information content (AvgIpc) is 2.62. The summed E-state index contributed by atoms with van der Waals surface area (Å²) in [4.78, 5) is 24.1. The molecule has 0 bridgehead atoms. The Morgan fingerprint density at radius 2 is 1.78 bits per heavy atom. The van der Waals surface area contributed by atoms with Gasteiger partial charge in [0.05, 0.1) is 0 Å². The van der Waals surface area contributed by atoms with E-state index in [-0.39, 0.29) is 6.61 Å². The number of benzene rings is 2. The minimum absolute atomic E-state index is 0.0439. The molecule has 3 rings (SSSR count). The van der Waals surface area contributed by atoms with E-state index < -0.39 is 17.7 Å². The van der Waals surface area contributed by atoms with Gasteiger partial charge < -0.3 is 13.9 Å². The third-order valence-electron chi connectivity index (χ3n) is 4.27. The Morgan fingerprint density at radius 3 is 2.48 bits per heavy atom. The van der Waals surface area contributed by atoms with Crippen molar-refractivity contribution in [2.45, 2.75) is 33.5 Å². The number of halogens is 1. The molecular weight excluding hydrogens is 368 g/mol. The van der Waals surface area contributed by atoms with Gasteiger partial charge in [-0.25, -0.2) is 9.59 Å². The fourth-order valence-corrected chi connectivity index (χ4v) is 2.76. The van der Waals surface area contributed by atoms with E-state index in [4.69, 9.17) is 25.5 Å². The Labute approximate surface area is 161 Å². The molecule has 0 radical (unpaired) electrons. The van der Waals surface area contributed by atoms with Crippen molar-refractivity contribution >= 4 is 28.5 Å². The van der Waals surface area contributed by atoms with Crippen LogP contribution >= 0.6 is 11.6 Å². The van der Waals surface area contributed by atoms with Crippen molar-refractivity contribution in [1.29, 1.82) is 0 Å². The van der Waals surface area contributed by atoms with E-state index in [1.54, 1.807) is 31.2 Å². The van der Waals surface area contributed by atoms with Crippen LogP contribution in [0.5, 0.6) is 5.75 Å². The number of ether oxygens (including phenoxy) is 2. The van der Waals surface area contributed by atoms with E-state index in [1.807, 2.05) is 26.0 Å². The van der Waals surface area contributed by atoms with E-state index in [0.717, 1.165) is 16.5 Å². The van der Waals surface area contributed by atoms with Crippen LogP contribution in [0.3, 0.4) is 0 Å². The van der Waals surface area contributed by atoms with Crippen molar-refractivity contribution in [3.8, 4) is 5.75 Å². The van der Waals surface area contributed by atoms with E-state index >= 15 is 0 Å². The Bertz CT molecular complexity index is 1040. The van der Waals surface area contributed by atoms with Crippen LogP contribution in [0.2, 0.25) is 5.02 Å². The lowest BCUT2D eigenvalue weighted by Crippen LogP contribution is -2.26. The summed E-state index contributed by atoms with van der Waals surface area (Å²) < 4.78 is 16.2. The molecular formula is C21H19ClO5. The van der Waals surface area contributed by atoms with E-state index in [9.17, 15) is 9.59 Å². The summed E-state index contributed by atoms with van der Waals surface area (Å²) in [6.07, 6.45) is -0.804. The van der Waals surface area contributed by atoms with Crippen molar-refractivity contribution in [1.82, 2.24) is 0 Å². The van der Waals surface area contributed by atoms with Gasteiger partial charge in [0.1, 0.15) is 17.9 Å². The second-order valence-corrected chi connectivity index (χ2v) is 6.78. The molecule has 0 aliphatic heterocycles. The van der Waals surface area contributed by atoms with E-state index in [0.29, 0.717) is 21.9 Å². The van der Waals surface area contributed by atoms with Crippen molar-refractivity contribution < 1.29 is 18.7 Å². The Morgan fingerprint density at radius 1 is 1.11 bits per heavy atom. The molecule has 0 aliphatic rings. The zero-order valence-electron chi connectivity index (χ0n) is 15.2. The SMILES string of the molecule is Cc1cc2oc(=O)cc(COC(=O)[C@@H](C)Oc3ccc(Cl)cc3)c2cc1C. The van der Waals surface area contributed by atoms with Gasteiger partial charge in [-0.15, -0.1) is 0 Å². The molecule has 0 aliphatic carbocycles. The third-order valence-corrected chi connectivity index (χ3v) is 4.52. The number of esters is 1. The smallest absolute Gasteiger partial charge is 0.347 e. The third kappa shape index (κ3) is 4.49. The largest absolute Gasteiger partial charge is 0.479 e. The van der Waals surface area contributed by atoms with Crippen LogP contribution in [0, 0.1) is 13.8 Å². The van der Waals surface area contributed by atoms with Crippen molar-refractivity contribution in [3.05, 3.63) is 74.6 Å². The van der Waals surface area contributed by atoms with Crippen LogP contribution in [-0.2, 0) is 16.1 Å². The fourth-order valence-electron chi connectivity index (χ4n) is 2.63. The molecule has 0 N–H and O–H groups in total. The Kier molecular flexibility index (Phi) is 5.51. The van der Waals surface area contributed by atoms with Gasteiger partial charge in [-0.05, 0) is 68.3 Å².